The van der Waals surface area contributed by atoms with Gasteiger partial charge in [0.25, 0.3) is 0 Å². The van der Waals surface area contributed by atoms with E-state index < -0.39 is 0 Å². The maximum absolute atomic E-state index is 8.87. The molecule has 4 nitrogen and oxygen atoms in total. The zero-order chi connectivity index (χ0) is 29.0. The van der Waals surface area contributed by atoms with E-state index in [4.69, 9.17) is 15.4 Å². The molecule has 4 heteroatoms. The van der Waals surface area contributed by atoms with Gasteiger partial charge in [0.2, 0.25) is 0 Å². The van der Waals surface area contributed by atoms with Gasteiger partial charge in [-0.05, 0) is 47.0 Å². The molecule has 0 aliphatic carbocycles. The van der Waals surface area contributed by atoms with E-state index in [1.165, 1.54) is 10.8 Å². The Balaban J connectivity index is 1.26. The zero-order valence-corrected chi connectivity index (χ0v) is 23.4. The molecule has 6 aromatic carbocycles. The Labute approximate surface area is 250 Å². The summed E-state index contributed by atoms with van der Waals surface area (Å²) in [5.41, 5.74) is 8.06. The highest BCUT2D eigenvalue weighted by Gasteiger charge is 2.12. The molecule has 0 atom stereocenters. The lowest BCUT2D eigenvalue weighted by atomic mass is 10.0. The molecule has 7 aromatic rings. The van der Waals surface area contributed by atoms with E-state index in [2.05, 4.69) is 89.5 Å². The number of aliphatic imine (C=N–C) groups is 2. The van der Waals surface area contributed by atoms with Crippen LogP contribution in [0, 0.1) is 5.41 Å². The van der Waals surface area contributed by atoms with Crippen molar-refractivity contribution in [3.05, 3.63) is 174 Å². The summed E-state index contributed by atoms with van der Waals surface area (Å²) in [5.74, 6) is 0.644. The zero-order valence-electron chi connectivity index (χ0n) is 23.4. The molecule has 0 amide bonds. The van der Waals surface area contributed by atoms with Crippen molar-refractivity contribution in [3.8, 4) is 16.8 Å². The second kappa shape index (κ2) is 11.6. The van der Waals surface area contributed by atoms with E-state index in [1.807, 2.05) is 79.0 Å². The van der Waals surface area contributed by atoms with Gasteiger partial charge in [-0.1, -0.05) is 127 Å². The van der Waals surface area contributed by atoms with E-state index in [0.717, 1.165) is 44.5 Å². The van der Waals surface area contributed by atoms with Crippen LogP contribution in [-0.4, -0.2) is 22.5 Å². The van der Waals surface area contributed by atoms with Crippen molar-refractivity contribution in [2.45, 2.75) is 0 Å². The van der Waals surface area contributed by atoms with Crippen LogP contribution in [0.5, 0.6) is 0 Å². The Kier molecular flexibility index (Phi) is 7.00. The minimum atomic E-state index is 0.160. The van der Waals surface area contributed by atoms with Crippen LogP contribution in [0.1, 0.15) is 16.7 Å². The molecule has 0 bridgehead atoms. The normalized spacial score (nSPS) is 11.9. The van der Waals surface area contributed by atoms with Crippen molar-refractivity contribution in [2.75, 3.05) is 0 Å². The summed E-state index contributed by atoms with van der Waals surface area (Å²) < 4.78 is 2.30. The molecule has 43 heavy (non-hydrogen) atoms. The molecular weight excluding hydrogens is 524 g/mol. The largest absolute Gasteiger partial charge is 0.309 e. The number of fused-ring (bicyclic) bond motifs is 3. The summed E-state index contributed by atoms with van der Waals surface area (Å²) in [6.07, 6.45) is 1.83. The molecule has 204 valence electrons. The third-order valence-electron chi connectivity index (χ3n) is 7.54. The summed E-state index contributed by atoms with van der Waals surface area (Å²) in [4.78, 5) is 9.55. The van der Waals surface area contributed by atoms with Gasteiger partial charge < -0.3 is 4.57 Å². The number of nitrogens with zero attached hydrogens (tertiary/aromatic N) is 3. The lowest BCUT2D eigenvalue weighted by Gasteiger charge is -2.09. The molecule has 0 fully saturated rings. The van der Waals surface area contributed by atoms with E-state index in [0.29, 0.717) is 5.84 Å². The lowest BCUT2D eigenvalue weighted by Crippen LogP contribution is -2.05. The molecule has 0 saturated heterocycles. The standard InChI is InChI=1S/C39H28N4/c40-38(32-19-12-18-31(26-32)29-14-3-1-4-15-29)42-39(30-16-5-2-6-17-30)41-27-28-13-11-20-33(25-28)43-36-23-9-7-21-34(36)35-22-8-10-24-37(35)43/h1-27,40H/b40-38?,41-27+,42-39-. The predicted molar refractivity (Wildman–Crippen MR) is 180 cm³/mol. The first kappa shape index (κ1) is 26.1. The first-order valence-electron chi connectivity index (χ1n) is 14.3. The molecule has 1 aromatic heterocycles. The average molecular weight is 553 g/mol. The maximum Gasteiger partial charge on any atom is 0.161 e. The van der Waals surface area contributed by atoms with E-state index >= 15 is 0 Å². The molecule has 7 rings (SSSR count). The molecule has 0 radical (unpaired) electrons. The first-order valence-corrected chi connectivity index (χ1v) is 14.3. The van der Waals surface area contributed by atoms with Crippen LogP contribution in [0.15, 0.2) is 168 Å². The topological polar surface area (TPSA) is 53.5 Å². The lowest BCUT2D eigenvalue weighted by molar-refractivity contribution is 1.18. The quantitative estimate of drug-likeness (QED) is 0.163. The van der Waals surface area contributed by atoms with Crippen molar-refractivity contribution in [1.82, 2.24) is 4.57 Å². The maximum atomic E-state index is 8.87. The van der Waals surface area contributed by atoms with Crippen LogP contribution < -0.4 is 0 Å². The van der Waals surface area contributed by atoms with Crippen LogP contribution in [0.4, 0.5) is 0 Å². The van der Waals surface area contributed by atoms with Gasteiger partial charge in [0.15, 0.2) is 11.7 Å². The minimum Gasteiger partial charge on any atom is -0.309 e. The van der Waals surface area contributed by atoms with Gasteiger partial charge >= 0.3 is 0 Å². The van der Waals surface area contributed by atoms with Gasteiger partial charge in [0.1, 0.15) is 0 Å². The summed E-state index contributed by atoms with van der Waals surface area (Å²) in [5, 5.41) is 11.3. The van der Waals surface area contributed by atoms with Gasteiger partial charge in [-0.3, -0.25) is 5.41 Å². The fourth-order valence-corrected chi connectivity index (χ4v) is 5.48. The fourth-order valence-electron chi connectivity index (χ4n) is 5.48. The molecule has 0 unspecified atom stereocenters. The Bertz CT molecular complexity index is 2080. The highest BCUT2D eigenvalue weighted by molar-refractivity contribution is 6.13. The summed E-state index contributed by atoms with van der Waals surface area (Å²) >= 11 is 0. The van der Waals surface area contributed by atoms with Gasteiger partial charge in [-0.25, -0.2) is 9.98 Å². The monoisotopic (exact) mass is 552 g/mol. The molecule has 0 saturated carbocycles. The highest BCUT2D eigenvalue weighted by atomic mass is 15.0. The van der Waals surface area contributed by atoms with Gasteiger partial charge in [0.05, 0.1) is 11.0 Å². The van der Waals surface area contributed by atoms with Crippen LogP contribution in [0.2, 0.25) is 0 Å². The minimum absolute atomic E-state index is 0.160. The van der Waals surface area contributed by atoms with E-state index in [9.17, 15) is 0 Å². The second-order valence-corrected chi connectivity index (χ2v) is 10.3. The predicted octanol–water partition coefficient (Wildman–Crippen LogP) is 9.34. The SMILES string of the molecule is N=C(/N=C(\N=C\c1cccc(-n2c3ccccc3c3ccccc32)c1)c1ccccc1)c1cccc(-c2ccccc2)c1. The van der Waals surface area contributed by atoms with E-state index in [1.54, 1.807) is 0 Å². The second-order valence-electron chi connectivity index (χ2n) is 10.3. The number of rotatable bonds is 5. The highest BCUT2D eigenvalue weighted by Crippen LogP contribution is 2.31. The van der Waals surface area contributed by atoms with Gasteiger partial charge in [-0.2, -0.15) is 0 Å². The van der Waals surface area contributed by atoms with Crippen LogP contribution in [-0.2, 0) is 0 Å². The smallest absolute Gasteiger partial charge is 0.161 e. The summed E-state index contributed by atoms with van der Waals surface area (Å²) in [6, 6.07) is 53.3. The molecule has 0 spiro atoms. The average Bonchev–Trinajstić information content (AvgIpc) is 3.42. The number of hydrogen-bond donors (Lipinski definition) is 1. The third-order valence-corrected chi connectivity index (χ3v) is 7.54. The Hall–Kier alpha value is -5.87. The van der Waals surface area contributed by atoms with Crippen molar-refractivity contribution in [2.24, 2.45) is 9.98 Å². The Morgan fingerprint density at radius 2 is 1.12 bits per heavy atom. The van der Waals surface area contributed by atoms with Crippen LogP contribution in [0.25, 0.3) is 38.6 Å². The molecule has 1 heterocycles. The van der Waals surface area contributed by atoms with Crippen molar-refractivity contribution in [1.29, 1.82) is 5.41 Å². The summed E-state index contributed by atoms with van der Waals surface area (Å²) in [7, 11) is 0. The number of para-hydroxylation sites is 2. The van der Waals surface area contributed by atoms with Crippen LogP contribution >= 0.6 is 0 Å². The number of hydrogen-bond acceptors (Lipinski definition) is 1. The Morgan fingerprint density at radius 3 is 1.84 bits per heavy atom. The number of amidine groups is 2. The number of nitrogens with one attached hydrogen (secondary N) is 1. The van der Waals surface area contributed by atoms with Crippen LogP contribution in [0.3, 0.4) is 0 Å². The van der Waals surface area contributed by atoms with Crippen molar-refractivity contribution < 1.29 is 0 Å². The van der Waals surface area contributed by atoms with E-state index in [-0.39, 0.29) is 5.84 Å². The molecule has 0 aliphatic rings. The third kappa shape index (κ3) is 5.30. The van der Waals surface area contributed by atoms with Gasteiger partial charge in [0, 0.05) is 33.8 Å². The Morgan fingerprint density at radius 1 is 0.535 bits per heavy atom. The molecule has 0 aliphatic heterocycles. The van der Waals surface area contributed by atoms with Crippen molar-refractivity contribution in [3.63, 3.8) is 0 Å². The number of benzene rings is 6. The van der Waals surface area contributed by atoms with Gasteiger partial charge in [-0.15, -0.1) is 0 Å². The van der Waals surface area contributed by atoms with Crippen molar-refractivity contribution >= 4 is 39.7 Å². The first-order chi connectivity index (χ1) is 21.2. The fraction of sp³-hybridized carbons (Fsp3) is 0. The number of aromatic nitrogens is 1. The molecular formula is C39H28N4. The molecule has 1 N–H and O–H groups in total. The summed E-state index contributed by atoms with van der Waals surface area (Å²) in [6.45, 7) is 0.